The molecule has 0 bridgehead atoms. The van der Waals surface area contributed by atoms with Crippen molar-refractivity contribution >= 4 is 5.96 Å². The van der Waals surface area contributed by atoms with Gasteiger partial charge in [-0.2, -0.15) is 0 Å². The minimum Gasteiger partial charge on any atom is -0.357 e. The summed E-state index contributed by atoms with van der Waals surface area (Å²) < 4.78 is 0. The highest BCUT2D eigenvalue weighted by Crippen LogP contribution is 2.16. The first-order chi connectivity index (χ1) is 9.56. The molecule has 0 aromatic rings. The van der Waals surface area contributed by atoms with E-state index in [-0.39, 0.29) is 0 Å². The Morgan fingerprint density at radius 2 is 2.05 bits per heavy atom. The molecule has 2 atom stereocenters. The van der Waals surface area contributed by atoms with E-state index in [4.69, 9.17) is 4.99 Å². The Morgan fingerprint density at radius 1 is 1.30 bits per heavy atom. The number of likely N-dealkylation sites (tertiary alicyclic amines) is 1. The molecule has 0 radical (unpaired) electrons. The van der Waals surface area contributed by atoms with Gasteiger partial charge in [-0.25, -0.2) is 0 Å². The van der Waals surface area contributed by atoms with Crippen LogP contribution in [0.3, 0.4) is 0 Å². The molecular formula is C16H34N4. The summed E-state index contributed by atoms with van der Waals surface area (Å²) in [6.45, 7) is 16.6. The van der Waals surface area contributed by atoms with Crippen LogP contribution < -0.4 is 10.6 Å². The summed E-state index contributed by atoms with van der Waals surface area (Å²) in [5, 5.41) is 6.86. The van der Waals surface area contributed by atoms with Gasteiger partial charge in [0.2, 0.25) is 0 Å². The first-order valence-electron chi connectivity index (χ1n) is 8.34. The van der Waals surface area contributed by atoms with E-state index in [0.29, 0.717) is 12.0 Å². The lowest BCUT2D eigenvalue weighted by Crippen LogP contribution is -2.44. The molecule has 4 nitrogen and oxygen atoms in total. The second-order valence-corrected chi connectivity index (χ2v) is 6.35. The van der Waals surface area contributed by atoms with E-state index in [0.717, 1.165) is 25.0 Å². The van der Waals surface area contributed by atoms with Crippen molar-refractivity contribution in [1.29, 1.82) is 0 Å². The van der Waals surface area contributed by atoms with Crippen molar-refractivity contribution in [2.75, 3.05) is 32.7 Å². The lowest BCUT2D eigenvalue weighted by molar-refractivity contribution is 0.326. The van der Waals surface area contributed by atoms with Crippen LogP contribution in [0, 0.1) is 11.8 Å². The van der Waals surface area contributed by atoms with Gasteiger partial charge in [-0.1, -0.05) is 20.8 Å². The fraction of sp³-hybridized carbons (Fsp3) is 0.938. The Bertz CT molecular complexity index is 288. The molecule has 1 fully saturated rings. The van der Waals surface area contributed by atoms with E-state index in [2.05, 4.69) is 50.2 Å². The molecule has 0 amide bonds. The van der Waals surface area contributed by atoms with Crippen molar-refractivity contribution < 1.29 is 0 Å². The van der Waals surface area contributed by atoms with Gasteiger partial charge in [0.1, 0.15) is 0 Å². The van der Waals surface area contributed by atoms with Crippen molar-refractivity contribution in [3.8, 4) is 0 Å². The highest BCUT2D eigenvalue weighted by atomic mass is 15.2. The summed E-state index contributed by atoms with van der Waals surface area (Å²) in [6.07, 6.45) is 2.55. The Balaban J connectivity index is 2.42. The van der Waals surface area contributed by atoms with E-state index in [9.17, 15) is 0 Å². The predicted octanol–water partition coefficient (Wildman–Crippen LogP) is 2.32. The fourth-order valence-electron chi connectivity index (χ4n) is 2.50. The molecule has 1 aliphatic heterocycles. The quantitative estimate of drug-likeness (QED) is 0.556. The van der Waals surface area contributed by atoms with Crippen LogP contribution in [0.5, 0.6) is 0 Å². The largest absolute Gasteiger partial charge is 0.357 e. The van der Waals surface area contributed by atoms with Gasteiger partial charge in [-0.15, -0.1) is 0 Å². The van der Waals surface area contributed by atoms with Crippen LogP contribution in [-0.4, -0.2) is 49.6 Å². The average molecular weight is 282 g/mol. The molecule has 118 valence electrons. The number of aliphatic imine (C=N–C) groups is 1. The lowest BCUT2D eigenvalue weighted by Gasteiger charge is -2.21. The van der Waals surface area contributed by atoms with Crippen LogP contribution >= 0.6 is 0 Å². The maximum atomic E-state index is 4.78. The Kier molecular flexibility index (Phi) is 7.97. The zero-order valence-corrected chi connectivity index (χ0v) is 14.1. The Morgan fingerprint density at radius 3 is 2.65 bits per heavy atom. The molecule has 0 aliphatic carbocycles. The summed E-state index contributed by atoms with van der Waals surface area (Å²) in [5.41, 5.74) is 0. The second kappa shape index (κ2) is 9.22. The summed E-state index contributed by atoms with van der Waals surface area (Å²) in [5.74, 6) is 2.32. The van der Waals surface area contributed by atoms with Gasteiger partial charge in [0.05, 0.1) is 0 Å². The first-order valence-corrected chi connectivity index (χ1v) is 8.34. The normalized spacial score (nSPS) is 22.3. The van der Waals surface area contributed by atoms with Gasteiger partial charge in [0, 0.05) is 25.7 Å². The highest BCUT2D eigenvalue weighted by molar-refractivity contribution is 5.80. The third-order valence-corrected chi connectivity index (χ3v) is 4.13. The summed E-state index contributed by atoms with van der Waals surface area (Å²) in [4.78, 5) is 7.35. The third-order valence-electron chi connectivity index (χ3n) is 4.13. The number of guanidine groups is 1. The lowest BCUT2D eigenvalue weighted by atomic mass is 10.1. The smallest absolute Gasteiger partial charge is 0.191 e. The Labute approximate surface area is 125 Å². The molecular weight excluding hydrogens is 248 g/mol. The zero-order chi connectivity index (χ0) is 15.0. The summed E-state index contributed by atoms with van der Waals surface area (Å²) in [7, 11) is 0. The number of nitrogens with zero attached hydrogens (tertiary/aromatic N) is 2. The maximum Gasteiger partial charge on any atom is 0.191 e. The molecule has 0 saturated carbocycles. The molecule has 0 aromatic carbocycles. The van der Waals surface area contributed by atoms with Crippen molar-refractivity contribution in [2.45, 2.75) is 53.5 Å². The monoisotopic (exact) mass is 282 g/mol. The van der Waals surface area contributed by atoms with Crippen LogP contribution in [0.1, 0.15) is 47.5 Å². The average Bonchev–Trinajstić information content (AvgIpc) is 2.84. The SMILES string of the molecule is CCCN1CCC(CN=C(NCC)NC(C)C(C)C)C1. The van der Waals surface area contributed by atoms with Gasteiger partial charge in [-0.3, -0.25) is 4.99 Å². The molecule has 0 aromatic heterocycles. The second-order valence-electron chi connectivity index (χ2n) is 6.35. The van der Waals surface area contributed by atoms with Crippen LogP contribution in [0.2, 0.25) is 0 Å². The van der Waals surface area contributed by atoms with Crippen LogP contribution in [-0.2, 0) is 0 Å². The highest BCUT2D eigenvalue weighted by Gasteiger charge is 2.21. The number of hydrogen-bond donors (Lipinski definition) is 2. The van der Waals surface area contributed by atoms with E-state index < -0.39 is 0 Å². The van der Waals surface area contributed by atoms with Crippen molar-refractivity contribution in [1.82, 2.24) is 15.5 Å². The molecule has 0 spiro atoms. The molecule has 2 unspecified atom stereocenters. The van der Waals surface area contributed by atoms with E-state index in [1.807, 2.05) is 0 Å². The zero-order valence-electron chi connectivity index (χ0n) is 14.1. The van der Waals surface area contributed by atoms with Crippen molar-refractivity contribution in [3.05, 3.63) is 0 Å². The number of nitrogens with one attached hydrogen (secondary N) is 2. The van der Waals surface area contributed by atoms with E-state index in [1.165, 1.54) is 32.5 Å². The van der Waals surface area contributed by atoms with Crippen LogP contribution in [0.15, 0.2) is 4.99 Å². The van der Waals surface area contributed by atoms with Crippen LogP contribution in [0.4, 0.5) is 0 Å². The van der Waals surface area contributed by atoms with Crippen molar-refractivity contribution in [3.63, 3.8) is 0 Å². The number of rotatable bonds is 7. The fourth-order valence-corrected chi connectivity index (χ4v) is 2.50. The first kappa shape index (κ1) is 17.3. The minimum absolute atomic E-state index is 0.452. The number of hydrogen-bond acceptors (Lipinski definition) is 2. The minimum atomic E-state index is 0.452. The van der Waals surface area contributed by atoms with Gasteiger partial charge >= 0.3 is 0 Å². The molecule has 2 N–H and O–H groups in total. The predicted molar refractivity (Wildman–Crippen MR) is 88.3 cm³/mol. The van der Waals surface area contributed by atoms with Gasteiger partial charge in [0.15, 0.2) is 5.96 Å². The van der Waals surface area contributed by atoms with Gasteiger partial charge in [0.25, 0.3) is 0 Å². The van der Waals surface area contributed by atoms with Gasteiger partial charge in [-0.05, 0) is 51.6 Å². The summed E-state index contributed by atoms with van der Waals surface area (Å²) in [6, 6.07) is 0.452. The molecule has 20 heavy (non-hydrogen) atoms. The molecule has 4 heteroatoms. The molecule has 1 rings (SSSR count). The molecule has 1 saturated heterocycles. The van der Waals surface area contributed by atoms with E-state index in [1.54, 1.807) is 0 Å². The Hall–Kier alpha value is -0.770. The van der Waals surface area contributed by atoms with Crippen LogP contribution in [0.25, 0.3) is 0 Å². The maximum absolute atomic E-state index is 4.78. The van der Waals surface area contributed by atoms with Gasteiger partial charge < -0.3 is 15.5 Å². The standard InChI is InChI=1S/C16H34N4/c1-6-9-20-10-8-15(12-20)11-18-16(17-7-2)19-14(5)13(3)4/h13-15H,6-12H2,1-5H3,(H2,17,18,19). The van der Waals surface area contributed by atoms with Crippen molar-refractivity contribution in [2.24, 2.45) is 16.8 Å². The summed E-state index contributed by atoms with van der Waals surface area (Å²) >= 11 is 0. The molecule has 1 aliphatic rings. The topological polar surface area (TPSA) is 39.7 Å². The third kappa shape index (κ3) is 6.12. The molecule has 1 heterocycles. The van der Waals surface area contributed by atoms with E-state index >= 15 is 0 Å².